The summed E-state index contributed by atoms with van der Waals surface area (Å²) in [6.07, 6.45) is 3.63. The van der Waals surface area contributed by atoms with Crippen LogP contribution in [0.1, 0.15) is 31.6 Å². The Kier molecular flexibility index (Phi) is 3.10. The van der Waals surface area contributed by atoms with Gasteiger partial charge < -0.3 is 9.63 Å². The van der Waals surface area contributed by atoms with Crippen LogP contribution < -0.4 is 0 Å². The van der Waals surface area contributed by atoms with Gasteiger partial charge in [-0.15, -0.1) is 11.3 Å². The van der Waals surface area contributed by atoms with Gasteiger partial charge in [0.05, 0.1) is 10.3 Å². The van der Waals surface area contributed by atoms with Gasteiger partial charge in [-0.05, 0) is 24.3 Å². The van der Waals surface area contributed by atoms with Gasteiger partial charge in [0, 0.05) is 6.42 Å². The summed E-state index contributed by atoms with van der Waals surface area (Å²) in [5.41, 5.74) is -0.709. The molecule has 100 valence electrons. The summed E-state index contributed by atoms with van der Waals surface area (Å²) in [5.74, 6) is 0.220. The van der Waals surface area contributed by atoms with E-state index >= 15 is 0 Å². The second kappa shape index (κ2) is 4.77. The molecule has 0 aromatic carbocycles. The van der Waals surface area contributed by atoms with E-state index in [4.69, 9.17) is 4.52 Å². The van der Waals surface area contributed by atoms with Gasteiger partial charge in [-0.2, -0.15) is 4.98 Å². The van der Waals surface area contributed by atoms with Crippen molar-refractivity contribution >= 4 is 17.3 Å². The van der Waals surface area contributed by atoms with E-state index < -0.39 is 11.4 Å². The van der Waals surface area contributed by atoms with Crippen LogP contribution in [0.15, 0.2) is 22.0 Å². The third-order valence-electron chi connectivity index (χ3n) is 3.71. The molecule has 0 saturated heterocycles. The van der Waals surface area contributed by atoms with Crippen molar-refractivity contribution in [1.29, 1.82) is 0 Å². The topological polar surface area (TPSA) is 76.2 Å². The molecule has 0 aliphatic heterocycles. The van der Waals surface area contributed by atoms with Crippen LogP contribution in [0, 0.1) is 5.41 Å². The normalized spacial score (nSPS) is 17.7. The zero-order valence-electron chi connectivity index (χ0n) is 10.3. The highest BCUT2D eigenvalue weighted by atomic mass is 32.1. The molecule has 2 aromatic heterocycles. The van der Waals surface area contributed by atoms with Gasteiger partial charge in [0.25, 0.3) is 0 Å². The lowest BCUT2D eigenvalue weighted by Crippen LogP contribution is -2.30. The molecule has 0 bridgehead atoms. The molecule has 1 N–H and O–H groups in total. The average molecular weight is 278 g/mol. The molecule has 0 amide bonds. The molecule has 0 unspecified atom stereocenters. The van der Waals surface area contributed by atoms with Crippen LogP contribution in [0.2, 0.25) is 0 Å². The van der Waals surface area contributed by atoms with Gasteiger partial charge in [-0.25, -0.2) is 0 Å². The molecule has 1 fully saturated rings. The van der Waals surface area contributed by atoms with Gasteiger partial charge in [-0.1, -0.05) is 24.1 Å². The molecule has 1 aliphatic rings. The number of carboxylic acid groups (broad SMARTS) is 1. The van der Waals surface area contributed by atoms with E-state index in [1.54, 1.807) is 0 Å². The first-order valence-corrected chi connectivity index (χ1v) is 7.17. The van der Waals surface area contributed by atoms with E-state index in [0.29, 0.717) is 31.0 Å². The summed E-state index contributed by atoms with van der Waals surface area (Å²) >= 11 is 1.54. The SMILES string of the molecule is O=C(O)C1(Cc2nc(-c3cccs3)no2)CCCC1. The summed E-state index contributed by atoms with van der Waals surface area (Å²) in [5, 5.41) is 15.3. The first-order valence-electron chi connectivity index (χ1n) is 6.29. The number of nitrogens with zero attached hydrogens (tertiary/aromatic N) is 2. The van der Waals surface area contributed by atoms with Crippen LogP contribution in [0.3, 0.4) is 0 Å². The first-order chi connectivity index (χ1) is 9.20. The minimum absolute atomic E-state index is 0.334. The van der Waals surface area contributed by atoms with E-state index in [1.807, 2.05) is 17.5 Å². The number of thiophene rings is 1. The van der Waals surface area contributed by atoms with Crippen LogP contribution in [0.25, 0.3) is 10.7 Å². The molecule has 3 rings (SSSR count). The van der Waals surface area contributed by atoms with E-state index in [2.05, 4.69) is 10.1 Å². The highest BCUT2D eigenvalue weighted by Gasteiger charge is 2.42. The second-order valence-electron chi connectivity index (χ2n) is 4.96. The largest absolute Gasteiger partial charge is 0.481 e. The molecule has 1 saturated carbocycles. The van der Waals surface area contributed by atoms with Crippen molar-refractivity contribution in [1.82, 2.24) is 10.1 Å². The van der Waals surface area contributed by atoms with Crippen LogP contribution in [0.4, 0.5) is 0 Å². The zero-order valence-corrected chi connectivity index (χ0v) is 11.2. The third kappa shape index (κ3) is 2.28. The number of carboxylic acids is 1. The maximum atomic E-state index is 11.5. The molecular formula is C13H14N2O3S. The highest BCUT2D eigenvalue weighted by Crippen LogP contribution is 2.41. The molecule has 0 radical (unpaired) electrons. The monoisotopic (exact) mass is 278 g/mol. The first kappa shape index (κ1) is 12.3. The van der Waals surface area contributed by atoms with Crippen molar-refractivity contribution < 1.29 is 14.4 Å². The van der Waals surface area contributed by atoms with Crippen molar-refractivity contribution in [2.45, 2.75) is 32.1 Å². The van der Waals surface area contributed by atoms with Gasteiger partial charge in [0.1, 0.15) is 0 Å². The molecular weight excluding hydrogens is 264 g/mol. The standard InChI is InChI=1S/C13H14N2O3S/c16-12(17)13(5-1-2-6-13)8-10-14-11(15-18-10)9-4-3-7-19-9/h3-4,7H,1-2,5-6,8H2,(H,16,17). The molecule has 1 aliphatic carbocycles. The summed E-state index contributed by atoms with van der Waals surface area (Å²) in [7, 11) is 0. The molecule has 2 aromatic rings. The predicted molar refractivity (Wildman–Crippen MR) is 69.9 cm³/mol. The van der Waals surface area contributed by atoms with Crippen LogP contribution >= 0.6 is 11.3 Å². The van der Waals surface area contributed by atoms with E-state index in [9.17, 15) is 9.90 Å². The van der Waals surface area contributed by atoms with Gasteiger partial charge in [0.15, 0.2) is 0 Å². The Labute approximate surface area is 114 Å². The lowest BCUT2D eigenvalue weighted by molar-refractivity contribution is -0.148. The number of hydrogen-bond acceptors (Lipinski definition) is 5. The lowest BCUT2D eigenvalue weighted by Gasteiger charge is -2.21. The predicted octanol–water partition coefficient (Wildman–Crippen LogP) is 2.99. The van der Waals surface area contributed by atoms with Crippen molar-refractivity contribution in [3.8, 4) is 10.7 Å². The van der Waals surface area contributed by atoms with Gasteiger partial charge in [0.2, 0.25) is 11.7 Å². The highest BCUT2D eigenvalue weighted by molar-refractivity contribution is 7.13. The molecule has 2 heterocycles. The van der Waals surface area contributed by atoms with Crippen LogP contribution in [0.5, 0.6) is 0 Å². The van der Waals surface area contributed by atoms with Crippen LogP contribution in [-0.4, -0.2) is 21.2 Å². The Bertz CT molecular complexity index is 570. The molecule has 19 heavy (non-hydrogen) atoms. The van der Waals surface area contributed by atoms with Crippen molar-refractivity contribution in [2.75, 3.05) is 0 Å². The number of aromatic nitrogens is 2. The Morgan fingerprint density at radius 3 is 2.89 bits per heavy atom. The zero-order chi connectivity index (χ0) is 13.3. The fourth-order valence-electron chi connectivity index (χ4n) is 2.64. The maximum Gasteiger partial charge on any atom is 0.310 e. The Balaban J connectivity index is 1.82. The van der Waals surface area contributed by atoms with Gasteiger partial charge >= 0.3 is 5.97 Å². The van der Waals surface area contributed by atoms with E-state index in [-0.39, 0.29) is 0 Å². The minimum atomic E-state index is -0.749. The summed E-state index contributed by atoms with van der Waals surface area (Å²) in [6, 6.07) is 3.84. The van der Waals surface area contributed by atoms with Crippen molar-refractivity contribution in [3.05, 3.63) is 23.4 Å². The van der Waals surface area contributed by atoms with Crippen LogP contribution in [-0.2, 0) is 11.2 Å². The minimum Gasteiger partial charge on any atom is -0.481 e. The smallest absolute Gasteiger partial charge is 0.310 e. The summed E-state index contributed by atoms with van der Waals surface area (Å²) < 4.78 is 5.21. The summed E-state index contributed by atoms with van der Waals surface area (Å²) in [6.45, 7) is 0. The average Bonchev–Trinajstić information content (AvgIpc) is 3.10. The number of rotatable bonds is 4. The number of carbonyl (C=O) groups is 1. The Morgan fingerprint density at radius 1 is 1.47 bits per heavy atom. The van der Waals surface area contributed by atoms with Gasteiger partial charge in [-0.3, -0.25) is 4.79 Å². The summed E-state index contributed by atoms with van der Waals surface area (Å²) in [4.78, 5) is 16.7. The lowest BCUT2D eigenvalue weighted by atomic mass is 9.83. The Hall–Kier alpha value is -1.69. The number of aliphatic carboxylic acids is 1. The molecule has 0 atom stereocenters. The maximum absolute atomic E-state index is 11.5. The molecule has 0 spiro atoms. The Morgan fingerprint density at radius 2 is 2.26 bits per heavy atom. The molecule has 6 heteroatoms. The quantitative estimate of drug-likeness (QED) is 0.930. The number of hydrogen-bond donors (Lipinski definition) is 1. The second-order valence-corrected chi connectivity index (χ2v) is 5.91. The van der Waals surface area contributed by atoms with Crippen molar-refractivity contribution in [2.24, 2.45) is 5.41 Å². The van der Waals surface area contributed by atoms with Crippen molar-refractivity contribution in [3.63, 3.8) is 0 Å². The third-order valence-corrected chi connectivity index (χ3v) is 4.58. The van der Waals surface area contributed by atoms with E-state index in [0.717, 1.165) is 17.7 Å². The fraction of sp³-hybridized carbons (Fsp3) is 0.462. The fourth-order valence-corrected chi connectivity index (χ4v) is 3.29. The molecule has 5 nitrogen and oxygen atoms in total. The van der Waals surface area contributed by atoms with E-state index in [1.165, 1.54) is 11.3 Å².